The lowest BCUT2D eigenvalue weighted by atomic mass is 9.90. The highest BCUT2D eigenvalue weighted by molar-refractivity contribution is 5.89. The largest absolute Gasteiger partial charge is 0.481 e. The monoisotopic (exact) mass is 445 g/mol. The molecule has 8 nitrogen and oxygen atoms in total. The van der Waals surface area contributed by atoms with Crippen LogP contribution in [-0.4, -0.2) is 37.4 Å². The molecule has 8 heteroatoms. The van der Waals surface area contributed by atoms with Crippen LogP contribution in [0.1, 0.15) is 38.2 Å². The van der Waals surface area contributed by atoms with Crippen molar-refractivity contribution in [3.05, 3.63) is 60.6 Å². The molecule has 1 atom stereocenters. The number of carboxylic acid groups (broad SMARTS) is 1. The summed E-state index contributed by atoms with van der Waals surface area (Å²) < 4.78 is 7.18. The Bertz CT molecular complexity index is 1270. The number of aromatic nitrogens is 4. The molecule has 0 aliphatic carbocycles. The molecule has 1 unspecified atom stereocenters. The number of nitrogens with one attached hydrogen (secondary N) is 1. The number of hydrogen-bond acceptors (Lipinski definition) is 6. The van der Waals surface area contributed by atoms with E-state index >= 15 is 0 Å². The lowest BCUT2D eigenvalue weighted by Gasteiger charge is -2.18. The Labute approximate surface area is 192 Å². The summed E-state index contributed by atoms with van der Waals surface area (Å²) in [5, 5.41) is 18.1. The van der Waals surface area contributed by atoms with Crippen molar-refractivity contribution < 1.29 is 14.6 Å². The summed E-state index contributed by atoms with van der Waals surface area (Å²) in [5.74, 6) is -0.878. The van der Waals surface area contributed by atoms with Crippen molar-refractivity contribution >= 4 is 28.2 Å². The Balaban J connectivity index is 1.76. The summed E-state index contributed by atoms with van der Waals surface area (Å²) in [6.07, 6.45) is 6.02. The first-order valence-electron chi connectivity index (χ1n) is 11.0. The van der Waals surface area contributed by atoms with E-state index in [1.165, 1.54) is 0 Å². The highest BCUT2D eigenvalue weighted by Gasteiger charge is 2.17. The van der Waals surface area contributed by atoms with Gasteiger partial charge in [0.2, 0.25) is 0 Å². The van der Waals surface area contributed by atoms with Gasteiger partial charge in [-0.05, 0) is 48.6 Å². The fourth-order valence-corrected chi connectivity index (χ4v) is 3.95. The number of aryl methyl sites for hydroxylation is 1. The summed E-state index contributed by atoms with van der Waals surface area (Å²) in [6, 6.07) is 12.6. The second-order valence-electron chi connectivity index (χ2n) is 7.86. The van der Waals surface area contributed by atoms with Crippen LogP contribution in [0, 0.1) is 0 Å². The second kappa shape index (κ2) is 9.68. The van der Waals surface area contributed by atoms with Crippen LogP contribution in [0.25, 0.3) is 22.0 Å². The molecule has 0 spiro atoms. The van der Waals surface area contributed by atoms with Gasteiger partial charge in [0.1, 0.15) is 0 Å². The van der Waals surface area contributed by atoms with E-state index in [-0.39, 0.29) is 12.3 Å². The van der Waals surface area contributed by atoms with Gasteiger partial charge in [-0.3, -0.25) is 9.48 Å². The summed E-state index contributed by atoms with van der Waals surface area (Å²) in [7, 11) is 1.92. The van der Waals surface area contributed by atoms with Gasteiger partial charge < -0.3 is 15.2 Å². The van der Waals surface area contributed by atoms with E-state index in [0.29, 0.717) is 18.3 Å². The van der Waals surface area contributed by atoms with E-state index in [0.717, 1.165) is 39.7 Å². The van der Waals surface area contributed by atoms with Gasteiger partial charge in [-0.2, -0.15) is 5.10 Å². The minimum Gasteiger partial charge on any atom is -0.481 e. The lowest BCUT2D eigenvalue weighted by Crippen LogP contribution is -2.06. The van der Waals surface area contributed by atoms with Gasteiger partial charge in [-0.25, -0.2) is 9.97 Å². The van der Waals surface area contributed by atoms with Crippen LogP contribution < -0.4 is 10.1 Å². The van der Waals surface area contributed by atoms with E-state index < -0.39 is 5.97 Å². The number of carbonyl (C=O) groups is 1. The molecule has 33 heavy (non-hydrogen) atoms. The first kappa shape index (κ1) is 22.3. The van der Waals surface area contributed by atoms with Crippen LogP contribution in [0.15, 0.2) is 55.0 Å². The van der Waals surface area contributed by atoms with E-state index in [4.69, 9.17) is 4.74 Å². The minimum atomic E-state index is -0.803. The van der Waals surface area contributed by atoms with E-state index in [1.807, 2.05) is 50.0 Å². The van der Waals surface area contributed by atoms with Crippen molar-refractivity contribution in [3.8, 4) is 17.1 Å². The summed E-state index contributed by atoms with van der Waals surface area (Å²) >= 11 is 0. The van der Waals surface area contributed by atoms with Gasteiger partial charge in [0.15, 0.2) is 0 Å². The van der Waals surface area contributed by atoms with Crippen molar-refractivity contribution in [3.63, 3.8) is 0 Å². The summed E-state index contributed by atoms with van der Waals surface area (Å²) in [6.45, 7) is 4.39. The standard InChI is InChI=1S/C25H27N5O3/c1-4-16(12-24(31)32)17-6-8-21(18-7-9-23-19(10-18)13-28-30(23)3)22(11-17)29-20-14-26-25(27-15-20)33-5-2/h6-11,13-16,29H,4-5,12H2,1-3H3,(H,31,32). The molecule has 0 aliphatic rings. The Kier molecular flexibility index (Phi) is 6.53. The zero-order valence-electron chi connectivity index (χ0n) is 18.9. The number of aliphatic carboxylic acids is 1. The van der Waals surface area contributed by atoms with Crippen LogP contribution >= 0.6 is 0 Å². The van der Waals surface area contributed by atoms with Crippen molar-refractivity contribution in [1.29, 1.82) is 0 Å². The highest BCUT2D eigenvalue weighted by Crippen LogP contribution is 2.36. The SMILES string of the molecule is CCOc1ncc(Nc2cc(C(CC)CC(=O)O)ccc2-c2ccc3c(cnn3C)c2)cn1. The van der Waals surface area contributed by atoms with E-state index in [9.17, 15) is 9.90 Å². The molecule has 4 rings (SSSR count). The smallest absolute Gasteiger partial charge is 0.316 e. The van der Waals surface area contributed by atoms with Crippen molar-refractivity contribution in [2.75, 3.05) is 11.9 Å². The highest BCUT2D eigenvalue weighted by atomic mass is 16.5. The Hall–Kier alpha value is -3.94. The topological polar surface area (TPSA) is 102 Å². The van der Waals surface area contributed by atoms with Crippen molar-refractivity contribution in [1.82, 2.24) is 19.7 Å². The Morgan fingerprint density at radius 3 is 2.61 bits per heavy atom. The molecule has 0 aliphatic heterocycles. The van der Waals surface area contributed by atoms with Crippen LogP contribution in [0.5, 0.6) is 6.01 Å². The molecular weight excluding hydrogens is 418 g/mol. The number of ether oxygens (including phenoxy) is 1. The molecule has 0 fully saturated rings. The van der Waals surface area contributed by atoms with Gasteiger partial charge in [0.05, 0.1) is 42.8 Å². The van der Waals surface area contributed by atoms with Gasteiger partial charge in [0.25, 0.3) is 0 Å². The normalized spacial score (nSPS) is 12.0. The molecule has 0 bridgehead atoms. The average molecular weight is 446 g/mol. The molecule has 170 valence electrons. The Morgan fingerprint density at radius 1 is 1.12 bits per heavy atom. The molecule has 2 heterocycles. The maximum Gasteiger partial charge on any atom is 0.316 e. The molecule has 2 aromatic carbocycles. The van der Waals surface area contributed by atoms with Crippen molar-refractivity contribution in [2.45, 2.75) is 32.6 Å². The van der Waals surface area contributed by atoms with Crippen LogP contribution in [-0.2, 0) is 11.8 Å². The summed E-state index contributed by atoms with van der Waals surface area (Å²) in [4.78, 5) is 19.8. The molecule has 0 saturated heterocycles. The number of benzene rings is 2. The third-order valence-corrected chi connectivity index (χ3v) is 5.67. The molecule has 0 saturated carbocycles. The van der Waals surface area contributed by atoms with Crippen molar-refractivity contribution in [2.24, 2.45) is 7.05 Å². The van der Waals surface area contributed by atoms with Crippen LogP contribution in [0.2, 0.25) is 0 Å². The zero-order chi connectivity index (χ0) is 23.4. The number of carboxylic acids is 1. The van der Waals surface area contributed by atoms with E-state index in [1.54, 1.807) is 12.4 Å². The molecular formula is C25H27N5O3. The third kappa shape index (κ3) is 4.95. The third-order valence-electron chi connectivity index (χ3n) is 5.67. The molecule has 2 aromatic heterocycles. The first-order valence-corrected chi connectivity index (χ1v) is 11.0. The average Bonchev–Trinajstić information content (AvgIpc) is 3.19. The minimum absolute atomic E-state index is 0.0746. The van der Waals surface area contributed by atoms with Gasteiger partial charge >= 0.3 is 12.0 Å². The Morgan fingerprint density at radius 2 is 1.91 bits per heavy atom. The fourth-order valence-electron chi connectivity index (χ4n) is 3.95. The summed E-state index contributed by atoms with van der Waals surface area (Å²) in [5.41, 5.74) is 5.61. The molecule has 2 N–H and O–H groups in total. The number of nitrogens with zero attached hydrogens (tertiary/aromatic N) is 4. The quantitative estimate of drug-likeness (QED) is 0.368. The lowest BCUT2D eigenvalue weighted by molar-refractivity contribution is -0.137. The first-order chi connectivity index (χ1) is 16.0. The zero-order valence-corrected chi connectivity index (χ0v) is 18.9. The van der Waals surface area contributed by atoms with Gasteiger partial charge in [-0.15, -0.1) is 0 Å². The number of rotatable bonds is 9. The maximum absolute atomic E-state index is 11.4. The van der Waals surface area contributed by atoms with Gasteiger partial charge in [0, 0.05) is 23.7 Å². The van der Waals surface area contributed by atoms with Crippen LogP contribution in [0.4, 0.5) is 11.4 Å². The predicted molar refractivity (Wildman–Crippen MR) is 128 cm³/mol. The number of fused-ring (bicyclic) bond motifs is 1. The predicted octanol–water partition coefficient (Wildman–Crippen LogP) is 5.14. The fraction of sp³-hybridized carbons (Fsp3) is 0.280. The number of hydrogen-bond donors (Lipinski definition) is 2. The van der Waals surface area contributed by atoms with Crippen LogP contribution in [0.3, 0.4) is 0 Å². The number of anilines is 2. The molecule has 4 aromatic rings. The van der Waals surface area contributed by atoms with Gasteiger partial charge in [-0.1, -0.05) is 25.1 Å². The van der Waals surface area contributed by atoms with E-state index in [2.05, 4.69) is 38.6 Å². The molecule has 0 amide bonds. The molecule has 0 radical (unpaired) electrons. The maximum atomic E-state index is 11.4. The second-order valence-corrected chi connectivity index (χ2v) is 7.86.